The molecule has 1 aliphatic heterocycles. The zero-order valence-corrected chi connectivity index (χ0v) is 10.3. The van der Waals surface area contributed by atoms with E-state index in [9.17, 15) is 4.79 Å². The Labute approximate surface area is 101 Å². The Hall–Kier alpha value is -1.36. The number of carbonyl (C=O) groups is 1. The second-order valence-electron chi connectivity index (χ2n) is 4.22. The SMILES string of the molecule is CCO[C@H]1CCC(=O)N1CCc1cc(C)no1. The highest BCUT2D eigenvalue weighted by Crippen LogP contribution is 2.20. The molecular formula is C12H18N2O3. The molecule has 2 heterocycles. The fraction of sp³-hybridized carbons (Fsp3) is 0.667. The number of hydrogen-bond acceptors (Lipinski definition) is 4. The van der Waals surface area contributed by atoms with Gasteiger partial charge in [-0.25, -0.2) is 0 Å². The van der Waals surface area contributed by atoms with Crippen molar-refractivity contribution in [2.45, 2.75) is 39.3 Å². The summed E-state index contributed by atoms with van der Waals surface area (Å²) in [5.41, 5.74) is 0.870. The molecule has 17 heavy (non-hydrogen) atoms. The van der Waals surface area contributed by atoms with Gasteiger partial charge in [0, 0.05) is 38.5 Å². The lowest BCUT2D eigenvalue weighted by molar-refractivity contribution is -0.136. The van der Waals surface area contributed by atoms with Gasteiger partial charge in [-0.1, -0.05) is 5.16 Å². The van der Waals surface area contributed by atoms with Crippen molar-refractivity contribution in [1.29, 1.82) is 0 Å². The largest absolute Gasteiger partial charge is 0.361 e. The predicted octanol–water partition coefficient (Wildman–Crippen LogP) is 1.51. The molecule has 0 unspecified atom stereocenters. The first kappa shape index (κ1) is 12.1. The number of rotatable bonds is 5. The van der Waals surface area contributed by atoms with Gasteiger partial charge in [-0.15, -0.1) is 0 Å². The van der Waals surface area contributed by atoms with E-state index in [2.05, 4.69) is 5.16 Å². The molecule has 2 rings (SSSR count). The first-order chi connectivity index (χ1) is 8.20. The summed E-state index contributed by atoms with van der Waals surface area (Å²) < 4.78 is 10.7. The summed E-state index contributed by atoms with van der Waals surface area (Å²) in [7, 11) is 0. The maximum absolute atomic E-state index is 11.7. The van der Waals surface area contributed by atoms with Gasteiger partial charge in [0.1, 0.15) is 12.0 Å². The highest BCUT2D eigenvalue weighted by atomic mass is 16.5. The second-order valence-corrected chi connectivity index (χ2v) is 4.22. The Kier molecular flexibility index (Phi) is 3.78. The average Bonchev–Trinajstić information content (AvgIpc) is 2.85. The fourth-order valence-corrected chi connectivity index (χ4v) is 2.11. The molecule has 1 aliphatic rings. The number of nitrogens with zero attached hydrogens (tertiary/aromatic N) is 2. The van der Waals surface area contributed by atoms with Crippen LogP contribution in [-0.2, 0) is 16.0 Å². The summed E-state index contributed by atoms with van der Waals surface area (Å²) >= 11 is 0. The molecule has 0 bridgehead atoms. The van der Waals surface area contributed by atoms with E-state index in [4.69, 9.17) is 9.26 Å². The zero-order valence-electron chi connectivity index (χ0n) is 10.3. The van der Waals surface area contributed by atoms with Crippen LogP contribution in [0.25, 0.3) is 0 Å². The van der Waals surface area contributed by atoms with Crippen LogP contribution in [0, 0.1) is 6.92 Å². The smallest absolute Gasteiger partial charge is 0.224 e. The van der Waals surface area contributed by atoms with Gasteiger partial charge >= 0.3 is 0 Å². The van der Waals surface area contributed by atoms with E-state index in [1.165, 1.54) is 0 Å². The molecule has 5 heteroatoms. The van der Waals surface area contributed by atoms with E-state index < -0.39 is 0 Å². The van der Waals surface area contributed by atoms with Crippen LogP contribution < -0.4 is 0 Å². The molecule has 1 saturated heterocycles. The lowest BCUT2D eigenvalue weighted by atomic mass is 10.3. The van der Waals surface area contributed by atoms with Gasteiger partial charge in [0.05, 0.1) is 5.69 Å². The summed E-state index contributed by atoms with van der Waals surface area (Å²) in [6, 6.07) is 1.90. The number of carbonyl (C=O) groups excluding carboxylic acids is 1. The summed E-state index contributed by atoms with van der Waals surface area (Å²) in [5.74, 6) is 0.983. The monoisotopic (exact) mass is 238 g/mol. The third-order valence-corrected chi connectivity index (χ3v) is 2.91. The molecule has 1 fully saturated rings. The normalized spacial score (nSPS) is 20.2. The van der Waals surface area contributed by atoms with Crippen molar-refractivity contribution in [2.24, 2.45) is 0 Å². The van der Waals surface area contributed by atoms with Crippen LogP contribution in [0.5, 0.6) is 0 Å². The number of amides is 1. The first-order valence-electron chi connectivity index (χ1n) is 6.04. The molecule has 1 amide bonds. The maximum atomic E-state index is 11.7. The first-order valence-corrected chi connectivity index (χ1v) is 6.04. The number of hydrogen-bond donors (Lipinski definition) is 0. The Morgan fingerprint density at radius 1 is 1.65 bits per heavy atom. The average molecular weight is 238 g/mol. The lowest BCUT2D eigenvalue weighted by Gasteiger charge is -2.23. The van der Waals surface area contributed by atoms with Gasteiger partial charge in [0.15, 0.2) is 0 Å². The minimum Gasteiger partial charge on any atom is -0.361 e. The van der Waals surface area contributed by atoms with Gasteiger partial charge in [0.25, 0.3) is 0 Å². The van der Waals surface area contributed by atoms with E-state index in [0.29, 0.717) is 26.0 Å². The van der Waals surface area contributed by atoms with Crippen molar-refractivity contribution in [3.05, 3.63) is 17.5 Å². The van der Waals surface area contributed by atoms with Crippen LogP contribution in [0.1, 0.15) is 31.2 Å². The molecule has 5 nitrogen and oxygen atoms in total. The molecule has 94 valence electrons. The van der Waals surface area contributed by atoms with Crippen molar-refractivity contribution in [2.75, 3.05) is 13.2 Å². The van der Waals surface area contributed by atoms with Gasteiger partial charge in [-0.2, -0.15) is 0 Å². The standard InChI is InChI=1S/C12H18N2O3/c1-3-16-12-5-4-11(15)14(12)7-6-10-8-9(2)13-17-10/h8,12H,3-7H2,1-2H3/t12-/m0/s1. The van der Waals surface area contributed by atoms with Crippen molar-refractivity contribution in [3.8, 4) is 0 Å². The highest BCUT2D eigenvalue weighted by Gasteiger charge is 2.30. The van der Waals surface area contributed by atoms with Crippen LogP contribution in [0.15, 0.2) is 10.6 Å². The topological polar surface area (TPSA) is 55.6 Å². The Balaban J connectivity index is 1.90. The molecule has 0 N–H and O–H groups in total. The molecule has 0 saturated carbocycles. The number of likely N-dealkylation sites (tertiary alicyclic amines) is 1. The molecule has 0 aliphatic carbocycles. The number of aromatic nitrogens is 1. The predicted molar refractivity (Wildman–Crippen MR) is 61.3 cm³/mol. The molecule has 1 aromatic rings. The van der Waals surface area contributed by atoms with Crippen LogP contribution in [0.3, 0.4) is 0 Å². The van der Waals surface area contributed by atoms with Gasteiger partial charge < -0.3 is 14.2 Å². The molecule has 1 atom stereocenters. The Morgan fingerprint density at radius 3 is 3.12 bits per heavy atom. The summed E-state index contributed by atoms with van der Waals surface area (Å²) in [6.45, 7) is 5.10. The highest BCUT2D eigenvalue weighted by molar-refractivity contribution is 5.78. The molecular weight excluding hydrogens is 220 g/mol. The van der Waals surface area contributed by atoms with E-state index in [-0.39, 0.29) is 12.1 Å². The fourth-order valence-electron chi connectivity index (χ4n) is 2.11. The summed E-state index contributed by atoms with van der Waals surface area (Å²) in [6.07, 6.45) is 2.01. The molecule has 0 aromatic carbocycles. The van der Waals surface area contributed by atoms with Gasteiger partial charge in [-0.05, 0) is 13.8 Å². The van der Waals surface area contributed by atoms with Crippen LogP contribution >= 0.6 is 0 Å². The Morgan fingerprint density at radius 2 is 2.47 bits per heavy atom. The minimum absolute atomic E-state index is 0.0588. The lowest BCUT2D eigenvalue weighted by Crippen LogP contribution is -2.36. The van der Waals surface area contributed by atoms with Crippen molar-refractivity contribution < 1.29 is 14.1 Å². The van der Waals surface area contributed by atoms with Crippen LogP contribution in [-0.4, -0.2) is 35.3 Å². The third kappa shape index (κ3) is 2.85. The van der Waals surface area contributed by atoms with E-state index >= 15 is 0 Å². The van der Waals surface area contributed by atoms with E-state index in [1.54, 1.807) is 4.90 Å². The maximum Gasteiger partial charge on any atom is 0.224 e. The summed E-state index contributed by atoms with van der Waals surface area (Å²) in [5, 5.41) is 3.83. The van der Waals surface area contributed by atoms with Gasteiger partial charge in [0.2, 0.25) is 5.91 Å². The quantitative estimate of drug-likeness (QED) is 0.780. The van der Waals surface area contributed by atoms with Crippen molar-refractivity contribution in [1.82, 2.24) is 10.1 Å². The van der Waals surface area contributed by atoms with Crippen molar-refractivity contribution in [3.63, 3.8) is 0 Å². The van der Waals surface area contributed by atoms with Crippen LogP contribution in [0.4, 0.5) is 0 Å². The Bertz CT molecular complexity index is 389. The molecule has 1 aromatic heterocycles. The van der Waals surface area contributed by atoms with Crippen molar-refractivity contribution >= 4 is 5.91 Å². The summed E-state index contributed by atoms with van der Waals surface area (Å²) in [4.78, 5) is 13.5. The number of ether oxygens (including phenoxy) is 1. The minimum atomic E-state index is -0.0588. The second kappa shape index (κ2) is 5.31. The molecule has 0 spiro atoms. The number of aryl methyl sites for hydroxylation is 1. The zero-order chi connectivity index (χ0) is 12.3. The van der Waals surface area contributed by atoms with E-state index in [0.717, 1.165) is 17.9 Å². The third-order valence-electron chi connectivity index (χ3n) is 2.91. The van der Waals surface area contributed by atoms with E-state index in [1.807, 2.05) is 19.9 Å². The van der Waals surface area contributed by atoms with Gasteiger partial charge in [-0.3, -0.25) is 4.79 Å². The molecule has 0 radical (unpaired) electrons. The van der Waals surface area contributed by atoms with Crippen LogP contribution in [0.2, 0.25) is 0 Å².